The molecule has 0 saturated carbocycles. The SMILES string of the molecule is CCC(=O)CC[N+](C)(CC)CC. The average molecular weight is 172 g/mol. The molecule has 0 aromatic rings. The molecule has 2 nitrogen and oxygen atoms in total. The fourth-order valence-corrected chi connectivity index (χ4v) is 1.11. The lowest BCUT2D eigenvalue weighted by Crippen LogP contribution is -2.44. The Morgan fingerprint density at radius 1 is 1.17 bits per heavy atom. The molecule has 0 spiro atoms. The van der Waals surface area contributed by atoms with E-state index >= 15 is 0 Å². The molecule has 0 bridgehead atoms. The van der Waals surface area contributed by atoms with Gasteiger partial charge >= 0.3 is 0 Å². The molecule has 0 aliphatic rings. The summed E-state index contributed by atoms with van der Waals surface area (Å²) in [6.07, 6.45) is 1.43. The molecule has 72 valence electrons. The van der Waals surface area contributed by atoms with Crippen LogP contribution < -0.4 is 0 Å². The maximum atomic E-state index is 11.1. The Balaban J connectivity index is 3.80. The molecule has 0 aliphatic carbocycles. The Morgan fingerprint density at radius 3 is 2.00 bits per heavy atom. The van der Waals surface area contributed by atoms with Gasteiger partial charge in [-0.1, -0.05) is 6.92 Å². The molecule has 0 rings (SSSR count). The van der Waals surface area contributed by atoms with Crippen molar-refractivity contribution in [1.29, 1.82) is 0 Å². The summed E-state index contributed by atoms with van der Waals surface area (Å²) < 4.78 is 1.02. The van der Waals surface area contributed by atoms with E-state index in [-0.39, 0.29) is 0 Å². The summed E-state index contributed by atoms with van der Waals surface area (Å²) in [6.45, 7) is 9.53. The van der Waals surface area contributed by atoms with Crippen molar-refractivity contribution in [1.82, 2.24) is 0 Å². The molecular formula is C10H22NO+. The Morgan fingerprint density at radius 2 is 1.67 bits per heavy atom. The molecule has 0 aromatic carbocycles. The largest absolute Gasteiger partial charge is 0.326 e. The zero-order chi connectivity index (χ0) is 9.61. The van der Waals surface area contributed by atoms with Crippen LogP contribution in [0.5, 0.6) is 0 Å². The van der Waals surface area contributed by atoms with Crippen molar-refractivity contribution in [3.63, 3.8) is 0 Å². The van der Waals surface area contributed by atoms with E-state index in [1.165, 1.54) is 0 Å². The summed E-state index contributed by atoms with van der Waals surface area (Å²) in [5.74, 6) is 0.390. The third-order valence-electron chi connectivity index (χ3n) is 2.85. The molecule has 0 atom stereocenters. The molecule has 0 saturated heterocycles. The first-order chi connectivity index (χ1) is 5.58. The molecule has 0 unspecified atom stereocenters. The van der Waals surface area contributed by atoms with Crippen LogP contribution in [-0.2, 0) is 4.79 Å². The molecule has 0 fully saturated rings. The minimum Gasteiger partial charge on any atom is -0.326 e. The van der Waals surface area contributed by atoms with Crippen LogP contribution in [0.4, 0.5) is 0 Å². The molecule has 0 N–H and O–H groups in total. The van der Waals surface area contributed by atoms with E-state index in [0.717, 1.165) is 30.5 Å². The summed E-state index contributed by atoms with van der Waals surface area (Å²) in [5.41, 5.74) is 0. The Kier molecular flexibility index (Phi) is 5.14. The first-order valence-electron chi connectivity index (χ1n) is 4.93. The summed E-state index contributed by atoms with van der Waals surface area (Å²) in [7, 11) is 2.21. The summed E-state index contributed by atoms with van der Waals surface area (Å²) in [6, 6.07) is 0. The van der Waals surface area contributed by atoms with Crippen LogP contribution in [0.2, 0.25) is 0 Å². The Labute approximate surface area is 76.2 Å². The van der Waals surface area contributed by atoms with Crippen molar-refractivity contribution in [2.75, 3.05) is 26.7 Å². The zero-order valence-electron chi connectivity index (χ0n) is 8.89. The number of ketones is 1. The number of carbonyl (C=O) groups excluding carboxylic acids is 1. The number of Topliss-reactive ketones (excluding diaryl/α,β-unsaturated/α-hetero) is 1. The van der Waals surface area contributed by atoms with Crippen LogP contribution in [0.25, 0.3) is 0 Å². The van der Waals surface area contributed by atoms with Gasteiger partial charge in [0.05, 0.1) is 33.1 Å². The normalized spacial score (nSPS) is 11.7. The van der Waals surface area contributed by atoms with E-state index in [2.05, 4.69) is 20.9 Å². The predicted molar refractivity (Wildman–Crippen MR) is 52.0 cm³/mol. The molecule has 12 heavy (non-hydrogen) atoms. The monoisotopic (exact) mass is 172 g/mol. The van der Waals surface area contributed by atoms with Crippen LogP contribution in [0.3, 0.4) is 0 Å². The highest BCUT2D eigenvalue weighted by atomic mass is 16.1. The van der Waals surface area contributed by atoms with Crippen LogP contribution in [0.1, 0.15) is 33.6 Å². The number of hydrogen-bond donors (Lipinski definition) is 0. The Bertz CT molecular complexity index is 139. The van der Waals surface area contributed by atoms with Gasteiger partial charge in [0, 0.05) is 6.42 Å². The van der Waals surface area contributed by atoms with Gasteiger partial charge in [0.2, 0.25) is 0 Å². The lowest BCUT2D eigenvalue weighted by atomic mass is 10.2. The number of hydrogen-bond acceptors (Lipinski definition) is 1. The second-order valence-electron chi connectivity index (χ2n) is 3.62. The highest BCUT2D eigenvalue weighted by molar-refractivity contribution is 5.78. The second-order valence-corrected chi connectivity index (χ2v) is 3.62. The molecular weight excluding hydrogens is 150 g/mol. The van der Waals surface area contributed by atoms with Crippen molar-refractivity contribution in [3.05, 3.63) is 0 Å². The van der Waals surface area contributed by atoms with Gasteiger partial charge in [0.1, 0.15) is 5.78 Å². The van der Waals surface area contributed by atoms with Crippen LogP contribution >= 0.6 is 0 Å². The fraction of sp³-hybridized carbons (Fsp3) is 0.900. The Hall–Kier alpha value is -0.370. The van der Waals surface area contributed by atoms with Gasteiger partial charge in [0.25, 0.3) is 0 Å². The van der Waals surface area contributed by atoms with Gasteiger partial charge in [-0.3, -0.25) is 4.79 Å². The smallest absolute Gasteiger partial charge is 0.138 e. The van der Waals surface area contributed by atoms with Crippen molar-refractivity contribution in [3.8, 4) is 0 Å². The van der Waals surface area contributed by atoms with Crippen LogP contribution in [0, 0.1) is 0 Å². The quantitative estimate of drug-likeness (QED) is 0.559. The third-order valence-corrected chi connectivity index (χ3v) is 2.85. The molecule has 0 heterocycles. The van der Waals surface area contributed by atoms with E-state index in [1.807, 2.05) is 6.92 Å². The summed E-state index contributed by atoms with van der Waals surface area (Å²) >= 11 is 0. The van der Waals surface area contributed by atoms with Gasteiger partial charge in [-0.25, -0.2) is 0 Å². The highest BCUT2D eigenvalue weighted by Crippen LogP contribution is 2.03. The third kappa shape index (κ3) is 3.86. The summed E-state index contributed by atoms with van der Waals surface area (Å²) in [5, 5.41) is 0. The van der Waals surface area contributed by atoms with E-state index in [0.29, 0.717) is 12.2 Å². The molecule has 0 aromatic heterocycles. The number of nitrogens with zero attached hydrogens (tertiary/aromatic N) is 1. The standard InChI is InChI=1S/C10H22NO/c1-5-10(12)8-9-11(4,6-2)7-3/h5-9H2,1-4H3/q+1. The number of quaternary nitrogens is 1. The van der Waals surface area contributed by atoms with E-state index in [9.17, 15) is 4.79 Å². The van der Waals surface area contributed by atoms with Crippen molar-refractivity contribution >= 4 is 5.78 Å². The van der Waals surface area contributed by atoms with Crippen molar-refractivity contribution in [2.24, 2.45) is 0 Å². The lowest BCUT2D eigenvalue weighted by molar-refractivity contribution is -0.905. The van der Waals surface area contributed by atoms with Crippen molar-refractivity contribution in [2.45, 2.75) is 33.6 Å². The molecule has 0 amide bonds. The average Bonchev–Trinajstić information content (AvgIpc) is 2.13. The van der Waals surface area contributed by atoms with Crippen LogP contribution in [-0.4, -0.2) is 36.9 Å². The maximum Gasteiger partial charge on any atom is 0.138 e. The maximum absolute atomic E-state index is 11.1. The number of carbonyl (C=O) groups is 1. The first kappa shape index (κ1) is 11.6. The summed E-state index contributed by atoms with van der Waals surface area (Å²) in [4.78, 5) is 11.1. The van der Waals surface area contributed by atoms with E-state index in [4.69, 9.17) is 0 Å². The first-order valence-corrected chi connectivity index (χ1v) is 4.93. The van der Waals surface area contributed by atoms with Crippen molar-refractivity contribution < 1.29 is 9.28 Å². The van der Waals surface area contributed by atoms with Gasteiger partial charge in [-0.05, 0) is 13.8 Å². The topological polar surface area (TPSA) is 17.1 Å². The molecule has 0 radical (unpaired) electrons. The predicted octanol–water partition coefficient (Wildman–Crippen LogP) is 1.84. The highest BCUT2D eigenvalue weighted by Gasteiger charge is 2.16. The van der Waals surface area contributed by atoms with Gasteiger partial charge in [-0.15, -0.1) is 0 Å². The fourth-order valence-electron chi connectivity index (χ4n) is 1.11. The van der Waals surface area contributed by atoms with E-state index in [1.54, 1.807) is 0 Å². The van der Waals surface area contributed by atoms with Crippen LogP contribution in [0.15, 0.2) is 0 Å². The minimum absolute atomic E-state index is 0.390. The second kappa shape index (κ2) is 5.31. The van der Waals surface area contributed by atoms with Gasteiger partial charge in [-0.2, -0.15) is 0 Å². The lowest BCUT2D eigenvalue weighted by Gasteiger charge is -2.31. The van der Waals surface area contributed by atoms with Gasteiger partial charge < -0.3 is 4.48 Å². The minimum atomic E-state index is 0.390. The zero-order valence-corrected chi connectivity index (χ0v) is 8.89. The van der Waals surface area contributed by atoms with Gasteiger partial charge in [0.15, 0.2) is 0 Å². The number of rotatable bonds is 6. The van der Waals surface area contributed by atoms with E-state index < -0.39 is 0 Å². The molecule has 0 aliphatic heterocycles. The molecule has 2 heteroatoms.